The number of hydrogen-bond acceptors (Lipinski definition) is 2. The molecule has 0 radical (unpaired) electrons. The average Bonchev–Trinajstić information content (AvgIpc) is 2.97. The number of alkyl halides is 3. The minimum atomic E-state index is -4.41. The fourth-order valence-electron chi connectivity index (χ4n) is 3.11. The van der Waals surface area contributed by atoms with Gasteiger partial charge in [-0.15, -0.1) is 0 Å². The molecule has 0 atom stereocenters. The second-order valence-electron chi connectivity index (χ2n) is 6.57. The van der Waals surface area contributed by atoms with Gasteiger partial charge < -0.3 is 0 Å². The SMILES string of the molecule is O=c1ccccc2c(/C=C/c3cccc(C(F)(F)F)c3)nn(-c3ccc(Br)cc3)c12. The van der Waals surface area contributed by atoms with E-state index < -0.39 is 11.7 Å². The molecule has 0 saturated heterocycles. The van der Waals surface area contributed by atoms with E-state index in [1.54, 1.807) is 41.1 Å². The van der Waals surface area contributed by atoms with Crippen molar-refractivity contribution < 1.29 is 13.2 Å². The van der Waals surface area contributed by atoms with Crippen LogP contribution in [0.1, 0.15) is 16.8 Å². The second-order valence-corrected chi connectivity index (χ2v) is 7.49. The number of nitrogens with zero attached hydrogens (tertiary/aromatic N) is 2. The monoisotopic (exact) mass is 470 g/mol. The number of halogens is 4. The minimum Gasteiger partial charge on any atom is -0.288 e. The van der Waals surface area contributed by atoms with Crippen LogP contribution in [0.5, 0.6) is 0 Å². The van der Waals surface area contributed by atoms with E-state index in [1.165, 1.54) is 12.1 Å². The van der Waals surface area contributed by atoms with Crippen LogP contribution in [-0.2, 0) is 6.18 Å². The fraction of sp³-hybridized carbons (Fsp3) is 0.0435. The normalized spacial score (nSPS) is 12.0. The first-order chi connectivity index (χ1) is 14.3. The molecule has 0 aliphatic carbocycles. The zero-order valence-corrected chi connectivity index (χ0v) is 17.0. The number of hydrogen-bond donors (Lipinski definition) is 0. The lowest BCUT2D eigenvalue weighted by Gasteiger charge is -2.06. The van der Waals surface area contributed by atoms with Gasteiger partial charge in [-0.3, -0.25) is 4.79 Å². The fourth-order valence-corrected chi connectivity index (χ4v) is 3.37. The number of rotatable bonds is 3. The summed E-state index contributed by atoms with van der Waals surface area (Å²) in [5, 5.41) is 5.16. The van der Waals surface area contributed by atoms with E-state index in [1.807, 2.05) is 24.3 Å². The van der Waals surface area contributed by atoms with E-state index >= 15 is 0 Å². The van der Waals surface area contributed by atoms with E-state index in [0.717, 1.165) is 16.6 Å². The lowest BCUT2D eigenvalue weighted by atomic mass is 10.1. The maximum Gasteiger partial charge on any atom is 0.416 e. The van der Waals surface area contributed by atoms with E-state index in [0.29, 0.717) is 27.8 Å². The molecule has 0 unspecified atom stereocenters. The summed E-state index contributed by atoms with van der Waals surface area (Å²) in [4.78, 5) is 12.7. The first kappa shape index (κ1) is 20.1. The first-order valence-corrected chi connectivity index (χ1v) is 9.75. The molecule has 0 aliphatic heterocycles. The van der Waals surface area contributed by atoms with Crippen molar-refractivity contribution in [2.75, 3.05) is 0 Å². The third-order valence-electron chi connectivity index (χ3n) is 4.52. The summed E-state index contributed by atoms with van der Waals surface area (Å²) in [5.74, 6) is 0. The van der Waals surface area contributed by atoms with Crippen LogP contribution < -0.4 is 5.43 Å². The molecular formula is C23H14BrF3N2O. The van der Waals surface area contributed by atoms with Crippen LogP contribution in [0.25, 0.3) is 28.7 Å². The maximum atomic E-state index is 13.0. The average molecular weight is 471 g/mol. The molecule has 0 saturated carbocycles. The molecule has 0 amide bonds. The highest BCUT2D eigenvalue weighted by atomic mass is 79.9. The van der Waals surface area contributed by atoms with Crippen LogP contribution in [0.3, 0.4) is 0 Å². The van der Waals surface area contributed by atoms with Gasteiger partial charge in [-0.05, 0) is 54.1 Å². The molecule has 1 heterocycles. The topological polar surface area (TPSA) is 34.9 Å². The third kappa shape index (κ3) is 4.07. The Morgan fingerprint density at radius 2 is 1.63 bits per heavy atom. The van der Waals surface area contributed by atoms with E-state index in [-0.39, 0.29) is 5.43 Å². The van der Waals surface area contributed by atoms with Gasteiger partial charge >= 0.3 is 6.18 Å². The van der Waals surface area contributed by atoms with Gasteiger partial charge in [-0.2, -0.15) is 18.3 Å². The van der Waals surface area contributed by atoms with Crippen molar-refractivity contribution in [1.29, 1.82) is 0 Å². The zero-order valence-electron chi connectivity index (χ0n) is 15.4. The van der Waals surface area contributed by atoms with Crippen LogP contribution in [0.2, 0.25) is 0 Å². The molecule has 3 aromatic carbocycles. The predicted octanol–water partition coefficient (Wildman–Crippen LogP) is 6.34. The van der Waals surface area contributed by atoms with Crippen molar-refractivity contribution in [2.24, 2.45) is 0 Å². The van der Waals surface area contributed by atoms with Gasteiger partial charge in [0.1, 0.15) is 5.52 Å². The predicted molar refractivity (Wildman–Crippen MR) is 115 cm³/mol. The Balaban J connectivity index is 1.85. The molecule has 1 aromatic heterocycles. The first-order valence-electron chi connectivity index (χ1n) is 8.96. The van der Waals surface area contributed by atoms with Crippen molar-refractivity contribution in [1.82, 2.24) is 9.78 Å². The summed E-state index contributed by atoms with van der Waals surface area (Å²) in [6.07, 6.45) is -1.24. The molecule has 0 aliphatic rings. The van der Waals surface area contributed by atoms with Crippen molar-refractivity contribution in [3.63, 3.8) is 0 Å². The Kier molecular flexibility index (Phi) is 5.30. The lowest BCUT2D eigenvalue weighted by Crippen LogP contribution is -2.04. The summed E-state index contributed by atoms with van der Waals surface area (Å²) < 4.78 is 41.3. The molecule has 0 N–H and O–H groups in total. The van der Waals surface area contributed by atoms with Crippen LogP contribution in [0.15, 0.2) is 82.1 Å². The van der Waals surface area contributed by atoms with Crippen LogP contribution in [-0.4, -0.2) is 9.78 Å². The van der Waals surface area contributed by atoms with Crippen molar-refractivity contribution in [2.45, 2.75) is 6.18 Å². The summed E-state index contributed by atoms with van der Waals surface area (Å²) in [5.41, 5.74) is 1.04. The molecular weight excluding hydrogens is 457 g/mol. The van der Waals surface area contributed by atoms with Gasteiger partial charge in [-0.1, -0.05) is 52.3 Å². The summed E-state index contributed by atoms with van der Waals surface area (Å²) in [7, 11) is 0. The molecule has 0 spiro atoms. The highest BCUT2D eigenvalue weighted by molar-refractivity contribution is 9.10. The third-order valence-corrected chi connectivity index (χ3v) is 5.05. The van der Waals surface area contributed by atoms with E-state index in [2.05, 4.69) is 21.0 Å². The van der Waals surface area contributed by atoms with Crippen LogP contribution >= 0.6 is 15.9 Å². The Morgan fingerprint density at radius 3 is 2.37 bits per heavy atom. The van der Waals surface area contributed by atoms with Gasteiger partial charge in [0.15, 0.2) is 0 Å². The van der Waals surface area contributed by atoms with Gasteiger partial charge in [-0.25, -0.2) is 4.68 Å². The molecule has 0 fully saturated rings. The Morgan fingerprint density at radius 1 is 0.900 bits per heavy atom. The van der Waals surface area contributed by atoms with Crippen molar-refractivity contribution in [3.05, 3.63) is 104 Å². The van der Waals surface area contributed by atoms with Gasteiger partial charge in [0.2, 0.25) is 5.43 Å². The van der Waals surface area contributed by atoms with Crippen molar-refractivity contribution >= 4 is 39.0 Å². The molecule has 3 nitrogen and oxygen atoms in total. The Labute approximate surface area is 178 Å². The highest BCUT2D eigenvalue weighted by Gasteiger charge is 2.30. The maximum absolute atomic E-state index is 13.0. The smallest absolute Gasteiger partial charge is 0.288 e. The van der Waals surface area contributed by atoms with E-state index in [9.17, 15) is 18.0 Å². The van der Waals surface area contributed by atoms with E-state index in [4.69, 9.17) is 0 Å². The summed E-state index contributed by atoms with van der Waals surface area (Å²) in [6.45, 7) is 0. The molecule has 7 heteroatoms. The summed E-state index contributed by atoms with van der Waals surface area (Å²) >= 11 is 3.38. The number of fused-ring (bicyclic) bond motifs is 1. The van der Waals surface area contributed by atoms with Gasteiger partial charge in [0.25, 0.3) is 0 Å². The molecule has 30 heavy (non-hydrogen) atoms. The van der Waals surface area contributed by atoms with Crippen molar-refractivity contribution in [3.8, 4) is 5.69 Å². The largest absolute Gasteiger partial charge is 0.416 e. The zero-order chi connectivity index (χ0) is 21.3. The standard InChI is InChI=1S/C23H14BrF3N2O/c24-17-9-11-18(12-10-17)29-22-19(6-1-2-7-21(22)30)20(28-29)13-8-15-4-3-5-16(14-15)23(25,26)27/h1-14H/b13-8+. The second kappa shape index (κ2) is 7.91. The Bertz CT molecular complexity index is 1310. The summed E-state index contributed by atoms with van der Waals surface area (Å²) in [6, 6.07) is 19.0. The molecule has 0 bridgehead atoms. The lowest BCUT2D eigenvalue weighted by molar-refractivity contribution is -0.137. The van der Waals surface area contributed by atoms with Gasteiger partial charge in [0, 0.05) is 9.86 Å². The molecule has 4 aromatic rings. The molecule has 4 rings (SSSR count). The number of benzene rings is 2. The quantitative estimate of drug-likeness (QED) is 0.350. The van der Waals surface area contributed by atoms with Gasteiger partial charge in [0.05, 0.1) is 16.9 Å². The number of aromatic nitrogens is 2. The Hall–Kier alpha value is -3.19. The van der Waals surface area contributed by atoms with Crippen LogP contribution in [0.4, 0.5) is 13.2 Å². The highest BCUT2D eigenvalue weighted by Crippen LogP contribution is 2.30. The van der Waals surface area contributed by atoms with Crippen LogP contribution in [0, 0.1) is 0 Å². The molecule has 150 valence electrons. The minimum absolute atomic E-state index is 0.205.